The van der Waals surface area contributed by atoms with E-state index < -0.39 is 36.7 Å². The minimum Gasteiger partial charge on any atom is -0.460 e. The maximum Gasteiger partial charge on any atom is 0.407 e. The van der Waals surface area contributed by atoms with E-state index in [-0.39, 0.29) is 19.1 Å². The third-order valence-corrected chi connectivity index (χ3v) is 5.20. The number of alkyl carbamates (subject to hydrolysis) is 1. The van der Waals surface area contributed by atoms with E-state index in [1.165, 1.54) is 13.0 Å². The largest absolute Gasteiger partial charge is 0.460 e. The summed E-state index contributed by atoms with van der Waals surface area (Å²) in [4.78, 5) is 36.4. The van der Waals surface area contributed by atoms with E-state index in [4.69, 9.17) is 9.47 Å². The molecule has 2 atom stereocenters. The quantitative estimate of drug-likeness (QED) is 0.408. The molecule has 0 bridgehead atoms. The molecule has 32 heavy (non-hydrogen) atoms. The molecule has 8 heteroatoms. The monoisotopic (exact) mass is 438 g/mol. The molecule has 2 aromatic rings. The van der Waals surface area contributed by atoms with Crippen LogP contribution in [0.5, 0.6) is 0 Å². The van der Waals surface area contributed by atoms with Crippen LogP contribution in [-0.2, 0) is 19.1 Å². The number of fused-ring (bicyclic) bond motifs is 3. The second-order valence-electron chi connectivity index (χ2n) is 7.35. The number of nitrogens with one attached hydrogen (secondary N) is 2. The molecular formula is C24H26N2O6. The Balaban J connectivity index is 1.55. The van der Waals surface area contributed by atoms with E-state index >= 15 is 0 Å². The highest BCUT2D eigenvalue weighted by atomic mass is 16.5. The first-order chi connectivity index (χ1) is 15.5. The van der Waals surface area contributed by atoms with Crippen molar-refractivity contribution in [3.63, 3.8) is 0 Å². The molecule has 3 rings (SSSR count). The molecule has 0 radical (unpaired) electrons. The van der Waals surface area contributed by atoms with Crippen molar-refractivity contribution in [1.82, 2.24) is 10.6 Å². The van der Waals surface area contributed by atoms with E-state index in [1.807, 2.05) is 48.5 Å². The molecule has 1 aliphatic rings. The van der Waals surface area contributed by atoms with E-state index in [9.17, 15) is 19.5 Å². The number of carbonyl (C=O) groups excluding carboxylic acids is 3. The minimum atomic E-state index is -1.24. The first kappa shape index (κ1) is 23.0. The summed E-state index contributed by atoms with van der Waals surface area (Å²) in [6, 6.07) is 13.7. The predicted molar refractivity (Wildman–Crippen MR) is 118 cm³/mol. The number of hydrogen-bond acceptors (Lipinski definition) is 6. The fourth-order valence-corrected chi connectivity index (χ4v) is 3.60. The van der Waals surface area contributed by atoms with Crippen molar-refractivity contribution < 1.29 is 29.0 Å². The first-order valence-electron chi connectivity index (χ1n) is 10.3. The van der Waals surface area contributed by atoms with Crippen molar-refractivity contribution in [2.24, 2.45) is 0 Å². The highest BCUT2D eigenvalue weighted by Crippen LogP contribution is 2.44. The number of aliphatic hydroxyl groups is 1. The predicted octanol–water partition coefficient (Wildman–Crippen LogP) is 2.12. The van der Waals surface area contributed by atoms with Crippen molar-refractivity contribution >= 4 is 18.0 Å². The summed E-state index contributed by atoms with van der Waals surface area (Å²) >= 11 is 0. The summed E-state index contributed by atoms with van der Waals surface area (Å²) in [5, 5.41) is 14.1. The first-order valence-corrected chi connectivity index (χ1v) is 10.3. The molecule has 2 aromatic carbocycles. The van der Waals surface area contributed by atoms with Crippen LogP contribution in [-0.4, -0.2) is 55.0 Å². The molecule has 1 aliphatic carbocycles. The van der Waals surface area contributed by atoms with Gasteiger partial charge >= 0.3 is 12.1 Å². The molecule has 0 aromatic heterocycles. The number of hydrogen-bond donors (Lipinski definition) is 3. The van der Waals surface area contributed by atoms with Gasteiger partial charge in [0.2, 0.25) is 5.91 Å². The second kappa shape index (κ2) is 10.6. The number of amides is 2. The highest BCUT2D eigenvalue weighted by Gasteiger charge is 2.30. The Hall–Kier alpha value is -3.65. The van der Waals surface area contributed by atoms with Gasteiger partial charge in [-0.05, 0) is 29.2 Å². The molecule has 3 N–H and O–H groups in total. The van der Waals surface area contributed by atoms with Gasteiger partial charge in [-0.15, -0.1) is 0 Å². The maximum absolute atomic E-state index is 12.3. The zero-order valence-corrected chi connectivity index (χ0v) is 17.7. The van der Waals surface area contributed by atoms with Crippen LogP contribution in [0.1, 0.15) is 24.0 Å². The Morgan fingerprint density at radius 1 is 1.03 bits per heavy atom. The van der Waals surface area contributed by atoms with Gasteiger partial charge in [0.15, 0.2) is 6.04 Å². The van der Waals surface area contributed by atoms with Crippen LogP contribution in [0, 0.1) is 0 Å². The SMILES string of the molecule is C=CCOC(=O)[C@H](CO)NC(=O)[C@H](C)NC(=O)OCC1c2ccccc2-c2ccccc21. The summed E-state index contributed by atoms with van der Waals surface area (Å²) in [6.45, 7) is 4.30. The zero-order valence-electron chi connectivity index (χ0n) is 17.7. The number of benzene rings is 2. The summed E-state index contributed by atoms with van der Waals surface area (Å²) < 4.78 is 10.2. The Bertz CT molecular complexity index is 960. The van der Waals surface area contributed by atoms with Gasteiger partial charge in [-0.2, -0.15) is 0 Å². The van der Waals surface area contributed by atoms with Gasteiger partial charge in [-0.3, -0.25) is 4.79 Å². The number of aliphatic hydroxyl groups excluding tert-OH is 1. The van der Waals surface area contributed by atoms with Crippen molar-refractivity contribution in [2.75, 3.05) is 19.8 Å². The molecule has 0 unspecified atom stereocenters. The Kier molecular flexibility index (Phi) is 7.62. The van der Waals surface area contributed by atoms with Gasteiger partial charge in [0.05, 0.1) is 6.61 Å². The van der Waals surface area contributed by atoms with Gasteiger partial charge in [0.25, 0.3) is 0 Å². The lowest BCUT2D eigenvalue weighted by Gasteiger charge is -2.19. The van der Waals surface area contributed by atoms with Crippen LogP contribution < -0.4 is 10.6 Å². The van der Waals surface area contributed by atoms with Crippen LogP contribution in [0.25, 0.3) is 11.1 Å². The molecule has 0 spiro atoms. The fraction of sp³-hybridized carbons (Fsp3) is 0.292. The Morgan fingerprint density at radius 3 is 2.19 bits per heavy atom. The molecule has 2 amide bonds. The van der Waals surface area contributed by atoms with E-state index in [2.05, 4.69) is 17.2 Å². The zero-order chi connectivity index (χ0) is 23.1. The van der Waals surface area contributed by atoms with Gasteiger partial charge in [0.1, 0.15) is 19.3 Å². The molecule has 168 valence electrons. The number of carbonyl (C=O) groups is 3. The summed E-state index contributed by atoms with van der Waals surface area (Å²) in [7, 11) is 0. The van der Waals surface area contributed by atoms with Crippen LogP contribution in [0.3, 0.4) is 0 Å². The van der Waals surface area contributed by atoms with Crippen molar-refractivity contribution in [1.29, 1.82) is 0 Å². The molecule has 0 aliphatic heterocycles. The second-order valence-corrected chi connectivity index (χ2v) is 7.35. The summed E-state index contributed by atoms with van der Waals surface area (Å²) in [5.41, 5.74) is 4.39. The molecule has 0 heterocycles. The molecular weight excluding hydrogens is 412 g/mol. The van der Waals surface area contributed by atoms with Crippen LogP contribution in [0.2, 0.25) is 0 Å². The van der Waals surface area contributed by atoms with Crippen LogP contribution >= 0.6 is 0 Å². The van der Waals surface area contributed by atoms with Crippen molar-refractivity contribution in [2.45, 2.75) is 24.9 Å². The van der Waals surface area contributed by atoms with E-state index in [0.29, 0.717) is 0 Å². The Labute approximate surface area is 186 Å². The Morgan fingerprint density at radius 2 is 1.62 bits per heavy atom. The average molecular weight is 438 g/mol. The number of ether oxygens (including phenoxy) is 2. The van der Waals surface area contributed by atoms with Gasteiger partial charge < -0.3 is 25.2 Å². The molecule has 0 saturated heterocycles. The normalized spacial score (nSPS) is 13.8. The maximum atomic E-state index is 12.3. The lowest BCUT2D eigenvalue weighted by molar-refractivity contribution is -0.148. The summed E-state index contributed by atoms with van der Waals surface area (Å²) in [6.07, 6.45) is 0.611. The van der Waals surface area contributed by atoms with E-state index in [0.717, 1.165) is 22.3 Å². The van der Waals surface area contributed by atoms with E-state index in [1.54, 1.807) is 0 Å². The number of rotatable bonds is 9. The number of esters is 1. The summed E-state index contributed by atoms with van der Waals surface area (Å²) in [5.74, 6) is -1.56. The van der Waals surface area contributed by atoms with Gasteiger partial charge in [-0.1, -0.05) is 61.2 Å². The molecule has 0 saturated carbocycles. The molecule has 8 nitrogen and oxygen atoms in total. The molecule has 0 fully saturated rings. The third-order valence-electron chi connectivity index (χ3n) is 5.20. The lowest BCUT2D eigenvalue weighted by Crippen LogP contribution is -2.52. The fourth-order valence-electron chi connectivity index (χ4n) is 3.60. The smallest absolute Gasteiger partial charge is 0.407 e. The van der Waals surface area contributed by atoms with Crippen LogP contribution in [0.4, 0.5) is 4.79 Å². The average Bonchev–Trinajstić information content (AvgIpc) is 3.13. The van der Waals surface area contributed by atoms with Crippen molar-refractivity contribution in [3.05, 3.63) is 72.3 Å². The highest BCUT2D eigenvalue weighted by molar-refractivity contribution is 5.89. The third kappa shape index (κ3) is 5.15. The topological polar surface area (TPSA) is 114 Å². The van der Waals surface area contributed by atoms with Crippen LogP contribution in [0.15, 0.2) is 61.2 Å². The van der Waals surface area contributed by atoms with Gasteiger partial charge in [0, 0.05) is 5.92 Å². The standard InChI is InChI=1S/C24H26N2O6/c1-3-12-31-23(29)21(13-27)26-22(28)15(2)25-24(30)32-14-20-18-10-6-4-8-16(18)17-9-5-7-11-19(17)20/h3-11,15,20-21,27H,1,12-14H2,2H3,(H,25,30)(H,26,28)/t15-,21-/m0/s1. The van der Waals surface area contributed by atoms with Crippen molar-refractivity contribution in [3.8, 4) is 11.1 Å². The lowest BCUT2D eigenvalue weighted by atomic mass is 9.98. The van der Waals surface area contributed by atoms with Gasteiger partial charge in [-0.25, -0.2) is 9.59 Å². The minimum absolute atomic E-state index is 0.0429.